The first kappa shape index (κ1) is 22.4. The van der Waals surface area contributed by atoms with Crippen LogP contribution < -0.4 is 10.1 Å². The number of ether oxygens (including phenoxy) is 1. The SMILES string of the molecule is Cn1cnc(S(=O)(=O)N2CCC(Nc3ncc(C#N)c(OC4CCCC4(C)O)n3)CC2)c1. The van der Waals surface area contributed by atoms with Gasteiger partial charge in [-0.25, -0.2) is 18.4 Å². The minimum atomic E-state index is -3.62. The first-order valence-corrected chi connectivity index (χ1v) is 12.0. The van der Waals surface area contributed by atoms with E-state index >= 15 is 0 Å². The van der Waals surface area contributed by atoms with Gasteiger partial charge in [0, 0.05) is 32.4 Å². The normalized spacial score (nSPS) is 24.9. The third-order valence-corrected chi connectivity index (χ3v) is 7.83. The Morgan fingerprint density at radius 3 is 2.66 bits per heavy atom. The monoisotopic (exact) mass is 461 g/mol. The van der Waals surface area contributed by atoms with Crippen molar-refractivity contribution < 1.29 is 18.3 Å². The molecule has 1 aliphatic carbocycles. The van der Waals surface area contributed by atoms with Gasteiger partial charge in [-0.3, -0.25) is 0 Å². The molecule has 0 aromatic carbocycles. The Morgan fingerprint density at radius 2 is 2.06 bits per heavy atom. The number of hydrogen-bond donors (Lipinski definition) is 2. The number of aliphatic hydroxyl groups is 1. The number of nitrogens with zero attached hydrogens (tertiary/aromatic N) is 6. The summed E-state index contributed by atoms with van der Waals surface area (Å²) in [5, 5.41) is 23.1. The summed E-state index contributed by atoms with van der Waals surface area (Å²) in [6.45, 7) is 2.42. The molecule has 1 saturated heterocycles. The number of hydrogen-bond acceptors (Lipinski definition) is 9. The zero-order chi connectivity index (χ0) is 22.9. The van der Waals surface area contributed by atoms with E-state index in [9.17, 15) is 18.8 Å². The van der Waals surface area contributed by atoms with E-state index < -0.39 is 21.7 Å². The predicted octanol–water partition coefficient (Wildman–Crippen LogP) is 1.03. The van der Waals surface area contributed by atoms with E-state index in [0.717, 1.165) is 6.42 Å². The van der Waals surface area contributed by atoms with E-state index in [1.807, 2.05) is 6.07 Å². The Kier molecular flexibility index (Phi) is 6.07. The van der Waals surface area contributed by atoms with E-state index in [2.05, 4.69) is 20.3 Å². The molecule has 1 aliphatic heterocycles. The Balaban J connectivity index is 1.40. The predicted molar refractivity (Wildman–Crippen MR) is 114 cm³/mol. The number of nitriles is 1. The fourth-order valence-corrected chi connectivity index (χ4v) is 5.55. The largest absolute Gasteiger partial charge is 0.470 e. The van der Waals surface area contributed by atoms with Gasteiger partial charge in [-0.05, 0) is 39.0 Å². The lowest BCUT2D eigenvalue weighted by atomic mass is 10.0. The van der Waals surface area contributed by atoms with Crippen molar-refractivity contribution in [2.45, 2.75) is 61.8 Å². The molecule has 2 atom stereocenters. The molecule has 172 valence electrons. The molecule has 2 aromatic heterocycles. The van der Waals surface area contributed by atoms with E-state index in [4.69, 9.17) is 4.74 Å². The molecular formula is C20H27N7O4S. The smallest absolute Gasteiger partial charge is 0.262 e. The van der Waals surface area contributed by atoms with E-state index in [0.29, 0.717) is 44.7 Å². The van der Waals surface area contributed by atoms with Gasteiger partial charge < -0.3 is 19.7 Å². The summed E-state index contributed by atoms with van der Waals surface area (Å²) in [5.41, 5.74) is -0.758. The quantitative estimate of drug-likeness (QED) is 0.644. The molecule has 0 spiro atoms. The van der Waals surface area contributed by atoms with Crippen LogP contribution in [-0.2, 0) is 17.1 Å². The van der Waals surface area contributed by atoms with E-state index in [-0.39, 0.29) is 22.5 Å². The minimum Gasteiger partial charge on any atom is -0.470 e. The van der Waals surface area contributed by atoms with Crippen molar-refractivity contribution in [1.29, 1.82) is 5.26 Å². The molecule has 2 unspecified atom stereocenters. The fourth-order valence-electron chi connectivity index (χ4n) is 4.12. The molecule has 2 N–H and O–H groups in total. The van der Waals surface area contributed by atoms with Gasteiger partial charge in [0.05, 0.1) is 18.1 Å². The summed E-state index contributed by atoms with van der Waals surface area (Å²) < 4.78 is 34.4. The number of anilines is 1. The first-order valence-electron chi connectivity index (χ1n) is 10.6. The zero-order valence-electron chi connectivity index (χ0n) is 18.1. The van der Waals surface area contributed by atoms with Crippen LogP contribution in [0.3, 0.4) is 0 Å². The van der Waals surface area contributed by atoms with Crippen LogP contribution in [0, 0.1) is 11.3 Å². The van der Waals surface area contributed by atoms with Gasteiger partial charge in [0.2, 0.25) is 11.8 Å². The third kappa shape index (κ3) is 4.55. The van der Waals surface area contributed by atoms with Crippen molar-refractivity contribution >= 4 is 16.0 Å². The fraction of sp³-hybridized carbons (Fsp3) is 0.600. The van der Waals surface area contributed by atoms with Crippen molar-refractivity contribution in [3.8, 4) is 11.9 Å². The average molecular weight is 462 g/mol. The van der Waals surface area contributed by atoms with Crippen LogP contribution in [0.25, 0.3) is 0 Å². The molecule has 1 saturated carbocycles. The number of imidazole rings is 1. The van der Waals surface area contributed by atoms with Crippen LogP contribution in [0.15, 0.2) is 23.7 Å². The second kappa shape index (κ2) is 8.65. The molecule has 0 amide bonds. The third-order valence-electron chi connectivity index (χ3n) is 6.04. The topological polar surface area (TPSA) is 146 Å². The van der Waals surface area contributed by atoms with Crippen LogP contribution in [0.5, 0.6) is 5.88 Å². The van der Waals surface area contributed by atoms with Gasteiger partial charge in [-0.2, -0.15) is 14.6 Å². The van der Waals surface area contributed by atoms with Gasteiger partial charge in [-0.15, -0.1) is 0 Å². The van der Waals surface area contributed by atoms with E-state index in [1.165, 1.54) is 23.0 Å². The maximum Gasteiger partial charge on any atom is 0.262 e. The second-order valence-corrected chi connectivity index (χ2v) is 10.5. The number of piperidine rings is 1. The summed E-state index contributed by atoms with van der Waals surface area (Å²) in [6.07, 6.45) is 7.24. The lowest BCUT2D eigenvalue weighted by Crippen LogP contribution is -2.42. The molecule has 0 radical (unpaired) electrons. The molecule has 12 heteroatoms. The van der Waals surface area contributed by atoms with Crippen LogP contribution in [0.4, 0.5) is 5.95 Å². The summed E-state index contributed by atoms with van der Waals surface area (Å²) >= 11 is 0. The lowest BCUT2D eigenvalue weighted by molar-refractivity contribution is -0.0271. The summed E-state index contributed by atoms with van der Waals surface area (Å²) in [6, 6.07) is 2.00. The highest BCUT2D eigenvalue weighted by Crippen LogP contribution is 2.33. The lowest BCUT2D eigenvalue weighted by Gasteiger charge is -2.31. The molecule has 2 aromatic rings. The molecule has 3 heterocycles. The van der Waals surface area contributed by atoms with Crippen molar-refractivity contribution in [2.75, 3.05) is 18.4 Å². The number of nitrogens with one attached hydrogen (secondary N) is 1. The summed E-state index contributed by atoms with van der Waals surface area (Å²) in [7, 11) is -1.89. The Bertz CT molecular complexity index is 1120. The molecule has 0 bridgehead atoms. The van der Waals surface area contributed by atoms with Gasteiger partial charge in [0.25, 0.3) is 10.0 Å². The highest BCUT2D eigenvalue weighted by molar-refractivity contribution is 7.89. The minimum absolute atomic E-state index is 0.0273. The molecular weight excluding hydrogens is 434 g/mol. The van der Waals surface area contributed by atoms with Gasteiger partial charge in [0.15, 0.2) is 5.03 Å². The second-order valence-electron chi connectivity index (χ2n) is 8.58. The molecule has 2 fully saturated rings. The maximum atomic E-state index is 12.7. The maximum absolute atomic E-state index is 12.7. The van der Waals surface area contributed by atoms with Crippen molar-refractivity contribution in [3.05, 3.63) is 24.3 Å². The van der Waals surface area contributed by atoms with Crippen LogP contribution in [0.2, 0.25) is 0 Å². The zero-order valence-corrected chi connectivity index (χ0v) is 18.9. The number of aryl methyl sites for hydroxylation is 1. The Labute approximate surface area is 187 Å². The van der Waals surface area contributed by atoms with Gasteiger partial charge >= 0.3 is 0 Å². The summed E-state index contributed by atoms with van der Waals surface area (Å²) in [4.78, 5) is 12.5. The Morgan fingerprint density at radius 1 is 1.31 bits per heavy atom. The van der Waals surface area contributed by atoms with Crippen molar-refractivity contribution in [3.63, 3.8) is 0 Å². The molecule has 4 rings (SSSR count). The average Bonchev–Trinajstić information content (AvgIpc) is 3.34. The Hall–Kier alpha value is -2.75. The first-order chi connectivity index (χ1) is 15.2. The highest BCUT2D eigenvalue weighted by atomic mass is 32.2. The molecule has 2 aliphatic rings. The van der Waals surface area contributed by atoms with Crippen LogP contribution in [0.1, 0.15) is 44.6 Å². The number of aromatic nitrogens is 4. The van der Waals surface area contributed by atoms with Gasteiger partial charge in [-0.1, -0.05) is 0 Å². The van der Waals surface area contributed by atoms with Crippen molar-refractivity contribution in [1.82, 2.24) is 23.8 Å². The van der Waals surface area contributed by atoms with Crippen molar-refractivity contribution in [2.24, 2.45) is 7.05 Å². The standard InChI is InChI=1S/C20H27N7O4S/c1-20(28)7-3-4-16(20)31-18-14(10-21)11-22-19(25-18)24-15-5-8-27(9-6-15)32(29,30)17-12-26(2)13-23-17/h11-13,15-16,28H,3-9H2,1-2H3,(H,22,24,25). The molecule has 11 nitrogen and oxygen atoms in total. The van der Waals surface area contributed by atoms with Crippen LogP contribution >= 0.6 is 0 Å². The molecule has 32 heavy (non-hydrogen) atoms. The number of sulfonamides is 1. The number of rotatable bonds is 6. The van der Waals surface area contributed by atoms with Gasteiger partial charge in [0.1, 0.15) is 17.7 Å². The van der Waals surface area contributed by atoms with Crippen LogP contribution in [-0.4, -0.2) is 68.2 Å². The van der Waals surface area contributed by atoms with E-state index in [1.54, 1.807) is 18.5 Å². The summed E-state index contributed by atoms with van der Waals surface area (Å²) in [5.74, 6) is 0.454. The highest BCUT2D eigenvalue weighted by Gasteiger charge is 2.39.